The van der Waals surface area contributed by atoms with Crippen LogP contribution in [0.2, 0.25) is 10.0 Å². The van der Waals surface area contributed by atoms with Gasteiger partial charge < -0.3 is 14.8 Å². The smallest absolute Gasteiger partial charge is 0.337 e. The summed E-state index contributed by atoms with van der Waals surface area (Å²) in [5.74, 6) is -0.315. The summed E-state index contributed by atoms with van der Waals surface area (Å²) >= 11 is 11.7. The van der Waals surface area contributed by atoms with Crippen LogP contribution in [-0.4, -0.2) is 36.1 Å². The molecule has 0 spiro atoms. The van der Waals surface area contributed by atoms with Crippen molar-refractivity contribution in [2.75, 3.05) is 25.6 Å². The molecule has 138 valence electrons. The number of carbonyl (C=O) groups excluding carboxylic acids is 1. The lowest BCUT2D eigenvalue weighted by Crippen LogP contribution is -2.10. The van der Waals surface area contributed by atoms with Crippen molar-refractivity contribution in [3.63, 3.8) is 0 Å². The molecule has 0 aliphatic rings. The van der Waals surface area contributed by atoms with Crippen LogP contribution in [0.3, 0.4) is 0 Å². The van der Waals surface area contributed by atoms with Crippen LogP contribution in [-0.2, 0) is 4.74 Å². The molecule has 2 aromatic rings. The first-order valence-corrected chi connectivity index (χ1v) is 8.22. The van der Waals surface area contributed by atoms with Crippen LogP contribution in [0.25, 0.3) is 0 Å². The molecule has 2 rings (SSSR count). The third-order valence-corrected chi connectivity index (χ3v) is 3.74. The Hall–Kier alpha value is -2.58. The molecule has 26 heavy (non-hydrogen) atoms. The second-order valence-electron chi connectivity index (χ2n) is 5.05. The Morgan fingerprint density at radius 3 is 2.77 bits per heavy atom. The van der Waals surface area contributed by atoms with E-state index in [0.717, 1.165) is 0 Å². The van der Waals surface area contributed by atoms with E-state index >= 15 is 0 Å². The fourth-order valence-corrected chi connectivity index (χ4v) is 2.49. The maximum atomic E-state index is 11.6. The number of methoxy groups -OCH3 is 1. The largest absolute Gasteiger partial charge is 0.477 e. The van der Waals surface area contributed by atoms with Gasteiger partial charge in [-0.1, -0.05) is 23.2 Å². The number of hydrogen-bond acceptors (Lipinski definition) is 7. The average Bonchev–Trinajstić information content (AvgIpc) is 2.62. The first-order valence-electron chi connectivity index (χ1n) is 7.47. The fourth-order valence-electron chi connectivity index (χ4n) is 2.05. The number of hydrogen-bond donors (Lipinski definition) is 1. The van der Waals surface area contributed by atoms with Gasteiger partial charge in [0.1, 0.15) is 10.7 Å². The molecule has 0 bridgehead atoms. The number of esters is 1. The zero-order valence-corrected chi connectivity index (χ0v) is 15.2. The Balaban J connectivity index is 1.93. The maximum absolute atomic E-state index is 11.6. The average molecular weight is 400 g/mol. The van der Waals surface area contributed by atoms with Crippen molar-refractivity contribution < 1.29 is 19.2 Å². The highest BCUT2D eigenvalue weighted by Gasteiger charge is 2.17. The van der Waals surface area contributed by atoms with Gasteiger partial charge in [-0.05, 0) is 24.6 Å². The predicted molar refractivity (Wildman–Crippen MR) is 97.3 cm³/mol. The van der Waals surface area contributed by atoms with Crippen molar-refractivity contribution in [1.82, 2.24) is 4.98 Å². The van der Waals surface area contributed by atoms with Gasteiger partial charge in [0.25, 0.3) is 5.69 Å². The number of rotatable bonds is 8. The molecule has 0 saturated carbocycles. The Bertz CT molecular complexity index is 816. The number of aromatic nitrogens is 1. The molecule has 0 saturated heterocycles. The van der Waals surface area contributed by atoms with E-state index in [4.69, 9.17) is 27.9 Å². The highest BCUT2D eigenvalue weighted by molar-refractivity contribution is 6.35. The Labute approximate surface area is 159 Å². The van der Waals surface area contributed by atoms with Crippen molar-refractivity contribution in [3.05, 3.63) is 56.2 Å². The lowest BCUT2D eigenvalue weighted by Gasteiger charge is -2.10. The minimum absolute atomic E-state index is 0.138. The van der Waals surface area contributed by atoms with Gasteiger partial charge >= 0.3 is 5.97 Å². The minimum atomic E-state index is -0.574. The molecular weight excluding hydrogens is 385 g/mol. The normalized spacial score (nSPS) is 10.3. The van der Waals surface area contributed by atoms with Gasteiger partial charge in [-0.2, -0.15) is 0 Å². The monoisotopic (exact) mass is 399 g/mol. The SMILES string of the molecule is COC(=O)c1ccc([N+](=O)[O-])c(NCCCOc2ncc(Cl)cc2Cl)c1. The minimum Gasteiger partial charge on any atom is -0.477 e. The van der Waals surface area contributed by atoms with Gasteiger partial charge in [-0.15, -0.1) is 0 Å². The van der Waals surface area contributed by atoms with Crippen LogP contribution in [0.4, 0.5) is 11.4 Å². The summed E-state index contributed by atoms with van der Waals surface area (Å²) in [7, 11) is 1.24. The molecule has 0 aliphatic carbocycles. The van der Waals surface area contributed by atoms with Crippen molar-refractivity contribution in [2.24, 2.45) is 0 Å². The molecule has 1 heterocycles. The lowest BCUT2D eigenvalue weighted by molar-refractivity contribution is -0.384. The molecule has 0 fully saturated rings. The Kier molecular flexibility index (Phi) is 6.99. The maximum Gasteiger partial charge on any atom is 0.337 e. The first-order chi connectivity index (χ1) is 12.4. The van der Waals surface area contributed by atoms with Crippen LogP contribution in [0, 0.1) is 10.1 Å². The summed E-state index contributed by atoms with van der Waals surface area (Å²) in [5.41, 5.74) is 0.301. The number of pyridine rings is 1. The summed E-state index contributed by atoms with van der Waals surface area (Å²) < 4.78 is 10.1. The summed E-state index contributed by atoms with van der Waals surface area (Å²) in [5, 5.41) is 14.7. The highest BCUT2D eigenvalue weighted by atomic mass is 35.5. The van der Waals surface area contributed by atoms with Crippen molar-refractivity contribution >= 4 is 40.5 Å². The van der Waals surface area contributed by atoms with E-state index in [1.165, 1.54) is 37.6 Å². The van der Waals surface area contributed by atoms with Gasteiger partial charge in [0, 0.05) is 18.8 Å². The first kappa shape index (κ1) is 19.7. The third kappa shape index (κ3) is 5.21. The van der Waals surface area contributed by atoms with Crippen molar-refractivity contribution in [3.8, 4) is 5.88 Å². The highest BCUT2D eigenvalue weighted by Crippen LogP contribution is 2.26. The number of nitro groups is 1. The lowest BCUT2D eigenvalue weighted by atomic mass is 10.1. The predicted octanol–water partition coefficient (Wildman–Crippen LogP) is 3.96. The second kappa shape index (κ2) is 9.21. The molecule has 0 amide bonds. The summed E-state index contributed by atoms with van der Waals surface area (Å²) in [6, 6.07) is 5.49. The molecule has 0 unspecified atom stereocenters. The van der Waals surface area contributed by atoms with Crippen LogP contribution in [0.5, 0.6) is 5.88 Å². The van der Waals surface area contributed by atoms with E-state index in [1.807, 2.05) is 0 Å². The van der Waals surface area contributed by atoms with Gasteiger partial charge in [0.15, 0.2) is 0 Å². The zero-order chi connectivity index (χ0) is 19.1. The second-order valence-corrected chi connectivity index (χ2v) is 5.89. The zero-order valence-electron chi connectivity index (χ0n) is 13.7. The summed E-state index contributed by atoms with van der Waals surface area (Å²) in [6.45, 7) is 0.655. The number of halogens is 2. The molecule has 1 aromatic carbocycles. The van der Waals surface area contributed by atoms with Gasteiger partial charge in [-0.25, -0.2) is 9.78 Å². The van der Waals surface area contributed by atoms with E-state index in [0.29, 0.717) is 23.0 Å². The molecule has 0 radical (unpaired) electrons. The number of nitro benzene ring substituents is 1. The van der Waals surface area contributed by atoms with E-state index in [-0.39, 0.29) is 29.4 Å². The number of carbonyl (C=O) groups is 1. The molecule has 0 atom stereocenters. The topological polar surface area (TPSA) is 104 Å². The molecular formula is C16H15Cl2N3O5. The Morgan fingerprint density at radius 1 is 1.35 bits per heavy atom. The Morgan fingerprint density at radius 2 is 2.12 bits per heavy atom. The number of anilines is 1. The molecule has 10 heteroatoms. The van der Waals surface area contributed by atoms with Crippen LogP contribution in [0.1, 0.15) is 16.8 Å². The number of ether oxygens (including phenoxy) is 2. The number of nitrogens with zero attached hydrogens (tertiary/aromatic N) is 2. The number of nitrogens with one attached hydrogen (secondary N) is 1. The fraction of sp³-hybridized carbons (Fsp3) is 0.250. The van der Waals surface area contributed by atoms with Gasteiger partial charge in [-0.3, -0.25) is 10.1 Å². The van der Waals surface area contributed by atoms with E-state index < -0.39 is 10.9 Å². The standard InChI is InChI=1S/C16H15Cl2N3O5/c1-25-16(22)10-3-4-14(21(23)24)13(7-10)19-5-2-6-26-15-12(18)8-11(17)9-20-15/h3-4,7-9,19H,2,5-6H2,1H3. The molecule has 1 N–H and O–H groups in total. The molecule has 8 nitrogen and oxygen atoms in total. The van der Waals surface area contributed by atoms with Gasteiger partial charge in [0.2, 0.25) is 5.88 Å². The van der Waals surface area contributed by atoms with E-state index in [9.17, 15) is 14.9 Å². The van der Waals surface area contributed by atoms with Crippen LogP contribution < -0.4 is 10.1 Å². The van der Waals surface area contributed by atoms with E-state index in [1.54, 1.807) is 0 Å². The van der Waals surface area contributed by atoms with Crippen molar-refractivity contribution in [2.45, 2.75) is 6.42 Å². The summed E-state index contributed by atoms with van der Waals surface area (Å²) in [6.07, 6.45) is 1.93. The van der Waals surface area contributed by atoms with Crippen LogP contribution in [0.15, 0.2) is 30.5 Å². The molecule has 1 aromatic heterocycles. The number of benzene rings is 1. The third-order valence-electron chi connectivity index (χ3n) is 3.26. The van der Waals surface area contributed by atoms with Crippen molar-refractivity contribution in [1.29, 1.82) is 0 Å². The summed E-state index contributed by atoms with van der Waals surface area (Å²) in [4.78, 5) is 26.1. The quantitative estimate of drug-likeness (QED) is 0.310. The van der Waals surface area contributed by atoms with Gasteiger partial charge in [0.05, 0.1) is 29.2 Å². The van der Waals surface area contributed by atoms with Crippen LogP contribution >= 0.6 is 23.2 Å². The van der Waals surface area contributed by atoms with E-state index in [2.05, 4.69) is 15.0 Å². The molecule has 0 aliphatic heterocycles.